The number of hydrogen-bond donors (Lipinski definition) is 4. The average molecular weight is 503 g/mol. The van der Waals surface area contributed by atoms with E-state index in [0.29, 0.717) is 22.1 Å². The smallest absolute Gasteiger partial charge is 0.232 e. The highest BCUT2D eigenvalue weighted by Crippen LogP contribution is 2.47. The Labute approximate surface area is 205 Å². The average Bonchev–Trinajstić information content (AvgIpc) is 3.57. The largest absolute Gasteiger partial charge is 0.393 e. The molecule has 0 unspecified atom stereocenters. The molecule has 0 spiro atoms. The number of anilines is 4. The zero-order valence-electron chi connectivity index (χ0n) is 19.6. The van der Waals surface area contributed by atoms with E-state index in [1.54, 1.807) is 19.4 Å². The molecule has 12 heteroatoms. The van der Waals surface area contributed by atoms with Gasteiger partial charge in [0, 0.05) is 42.5 Å². The van der Waals surface area contributed by atoms with E-state index in [1.807, 2.05) is 6.92 Å². The minimum absolute atomic E-state index is 0.0424. The molecule has 0 radical (unpaired) electrons. The van der Waals surface area contributed by atoms with Gasteiger partial charge in [0.2, 0.25) is 11.9 Å². The van der Waals surface area contributed by atoms with Crippen LogP contribution in [0.1, 0.15) is 35.7 Å². The van der Waals surface area contributed by atoms with Crippen LogP contribution in [0.2, 0.25) is 0 Å². The van der Waals surface area contributed by atoms with E-state index >= 15 is 0 Å². The summed E-state index contributed by atoms with van der Waals surface area (Å²) in [5.74, 6) is -1.99. The highest BCUT2D eigenvalue weighted by Gasteiger charge is 2.34. The van der Waals surface area contributed by atoms with E-state index in [2.05, 4.69) is 30.8 Å². The number of thioether (sulfide) groups is 1. The number of rotatable bonds is 9. The number of aryl methyl sites for hydroxylation is 1. The molecule has 8 nitrogen and oxygen atoms in total. The van der Waals surface area contributed by atoms with Gasteiger partial charge >= 0.3 is 0 Å². The maximum absolute atomic E-state index is 14.9. The Morgan fingerprint density at radius 1 is 1.23 bits per heavy atom. The number of aromatic nitrogens is 4. The van der Waals surface area contributed by atoms with E-state index in [9.17, 15) is 13.2 Å². The minimum Gasteiger partial charge on any atom is -0.393 e. The second kappa shape index (κ2) is 9.98. The highest BCUT2D eigenvalue weighted by molar-refractivity contribution is 7.98. The quantitative estimate of drug-likeness (QED) is 0.229. The lowest BCUT2D eigenvalue weighted by Gasteiger charge is -2.23. The fourth-order valence-corrected chi connectivity index (χ4v) is 4.17. The molecular formula is C23H25F3N8S. The Morgan fingerprint density at radius 2 is 1.91 bits per heavy atom. The van der Waals surface area contributed by atoms with Gasteiger partial charge in [-0.3, -0.25) is 10.5 Å². The number of hydrogen-bond acceptors (Lipinski definition) is 8. The van der Waals surface area contributed by atoms with Crippen LogP contribution >= 0.6 is 11.8 Å². The summed E-state index contributed by atoms with van der Waals surface area (Å²) in [4.78, 5) is 10.7. The van der Waals surface area contributed by atoms with Crippen molar-refractivity contribution in [1.82, 2.24) is 25.5 Å². The second-order valence-corrected chi connectivity index (χ2v) is 9.01. The summed E-state index contributed by atoms with van der Waals surface area (Å²) in [6, 6.07) is 4.23. The lowest BCUT2D eigenvalue weighted by Crippen LogP contribution is -2.20. The molecule has 1 aromatic carbocycles. The third-order valence-corrected chi connectivity index (χ3v) is 6.22. The number of H-pyrrole nitrogens is 1. The first kappa shape index (κ1) is 24.6. The van der Waals surface area contributed by atoms with Crippen LogP contribution < -0.4 is 15.5 Å². The lowest BCUT2D eigenvalue weighted by atomic mass is 10.0. The molecule has 0 amide bonds. The molecule has 2 aromatic heterocycles. The third-order valence-electron chi connectivity index (χ3n) is 5.51. The van der Waals surface area contributed by atoms with E-state index < -0.39 is 17.6 Å². The molecule has 1 aliphatic rings. The molecule has 1 fully saturated rings. The summed E-state index contributed by atoms with van der Waals surface area (Å²) in [5.41, 5.74) is 1.16. The van der Waals surface area contributed by atoms with Crippen molar-refractivity contribution in [1.29, 1.82) is 5.41 Å². The molecule has 1 saturated carbocycles. The number of nitrogens with zero attached hydrogens (tertiary/aromatic N) is 4. The monoisotopic (exact) mass is 502 g/mol. The summed E-state index contributed by atoms with van der Waals surface area (Å²) in [6.07, 6.45) is 4.73. The third kappa shape index (κ3) is 5.11. The van der Waals surface area contributed by atoms with Crippen LogP contribution in [0.5, 0.6) is 0 Å². The SMILES string of the molecule is CN/C=C(\C(=N)F)c1nc(N(C)c2c(F)cc(SC)cc2F)nc(Nc2cc(C)[nH]n2)c1C1CC1. The molecule has 2 heterocycles. The first-order chi connectivity index (χ1) is 16.7. The molecule has 35 heavy (non-hydrogen) atoms. The van der Waals surface area contributed by atoms with E-state index in [0.717, 1.165) is 18.5 Å². The summed E-state index contributed by atoms with van der Waals surface area (Å²) in [6.45, 7) is 1.84. The van der Waals surface area contributed by atoms with Gasteiger partial charge in [-0.1, -0.05) is 0 Å². The molecule has 0 aliphatic heterocycles. The van der Waals surface area contributed by atoms with Gasteiger partial charge in [0.05, 0.1) is 11.3 Å². The highest BCUT2D eigenvalue weighted by atomic mass is 32.2. The summed E-state index contributed by atoms with van der Waals surface area (Å²) in [5, 5.41) is 20.6. The first-order valence-corrected chi connectivity index (χ1v) is 12.1. The molecule has 184 valence electrons. The number of nitrogens with one attached hydrogen (secondary N) is 4. The topological polar surface area (TPSA) is 106 Å². The predicted octanol–water partition coefficient (Wildman–Crippen LogP) is 5.40. The Bertz CT molecular complexity index is 1280. The molecule has 3 aromatic rings. The Kier molecular flexibility index (Phi) is 7.01. The molecule has 4 N–H and O–H groups in total. The second-order valence-electron chi connectivity index (χ2n) is 8.13. The van der Waals surface area contributed by atoms with Crippen LogP contribution in [0.25, 0.3) is 5.57 Å². The summed E-state index contributed by atoms with van der Waals surface area (Å²) < 4.78 is 44.2. The Balaban J connectivity index is 1.92. The fraction of sp³-hybridized carbons (Fsp3) is 0.304. The van der Waals surface area contributed by atoms with Gasteiger partial charge < -0.3 is 15.5 Å². The van der Waals surface area contributed by atoms with Gasteiger partial charge in [-0.2, -0.15) is 14.5 Å². The molecule has 4 rings (SSSR count). The van der Waals surface area contributed by atoms with Crippen molar-refractivity contribution in [2.75, 3.05) is 30.6 Å². The molecule has 1 aliphatic carbocycles. The van der Waals surface area contributed by atoms with Gasteiger partial charge in [0.1, 0.15) is 11.5 Å². The van der Waals surface area contributed by atoms with Crippen molar-refractivity contribution >= 4 is 46.6 Å². The van der Waals surface area contributed by atoms with Gasteiger partial charge in [-0.15, -0.1) is 11.8 Å². The van der Waals surface area contributed by atoms with Crippen molar-refractivity contribution in [3.63, 3.8) is 0 Å². The van der Waals surface area contributed by atoms with Crippen LogP contribution in [0, 0.1) is 24.0 Å². The molecule has 0 atom stereocenters. The fourth-order valence-electron chi connectivity index (χ4n) is 3.73. The van der Waals surface area contributed by atoms with E-state index in [4.69, 9.17) is 5.41 Å². The summed E-state index contributed by atoms with van der Waals surface area (Å²) in [7, 11) is 3.01. The van der Waals surface area contributed by atoms with Crippen molar-refractivity contribution in [3.05, 3.63) is 53.0 Å². The van der Waals surface area contributed by atoms with Crippen molar-refractivity contribution in [3.8, 4) is 0 Å². The number of allylic oxidation sites excluding steroid dienone is 1. The minimum atomic E-state index is -1.20. The first-order valence-electron chi connectivity index (χ1n) is 10.8. The molecule has 0 bridgehead atoms. The standard InChI is InChI=1S/C23H25F3N8S/c1-11-7-17(33-32-11)29-22-18(12-5-6-12)19(14(10-28-2)21(26)27)30-23(31-22)34(3)20-15(24)8-13(35-4)9-16(20)25/h7-10,12,27-28H,5-6H2,1-4H3,(H2,29,30,31,32,33)/b14-10-,27-21?. The van der Waals surface area contributed by atoms with Gasteiger partial charge in [0.25, 0.3) is 0 Å². The Morgan fingerprint density at radius 3 is 2.43 bits per heavy atom. The van der Waals surface area contributed by atoms with Crippen molar-refractivity contribution in [2.45, 2.75) is 30.6 Å². The van der Waals surface area contributed by atoms with Crippen LogP contribution in [0.15, 0.2) is 29.3 Å². The van der Waals surface area contributed by atoms with Gasteiger partial charge in [-0.25, -0.2) is 13.8 Å². The lowest BCUT2D eigenvalue weighted by molar-refractivity contribution is 0.577. The van der Waals surface area contributed by atoms with Crippen LogP contribution in [0.3, 0.4) is 0 Å². The van der Waals surface area contributed by atoms with E-state index in [1.165, 1.54) is 42.0 Å². The molecular weight excluding hydrogens is 477 g/mol. The normalized spacial score (nSPS) is 13.6. The Hall–Kier alpha value is -3.54. The van der Waals surface area contributed by atoms with Crippen LogP contribution in [-0.2, 0) is 0 Å². The molecule has 0 saturated heterocycles. The summed E-state index contributed by atoms with van der Waals surface area (Å²) >= 11 is 1.22. The zero-order valence-corrected chi connectivity index (χ0v) is 20.4. The number of halogens is 3. The van der Waals surface area contributed by atoms with Gasteiger partial charge in [-0.05, 0) is 44.1 Å². The van der Waals surface area contributed by atoms with Crippen LogP contribution in [0.4, 0.5) is 36.4 Å². The van der Waals surface area contributed by atoms with E-state index in [-0.39, 0.29) is 28.8 Å². The predicted molar refractivity (Wildman–Crippen MR) is 133 cm³/mol. The number of benzene rings is 1. The maximum Gasteiger partial charge on any atom is 0.232 e. The van der Waals surface area contributed by atoms with Crippen LogP contribution in [-0.4, -0.2) is 46.5 Å². The van der Waals surface area contributed by atoms with Crippen molar-refractivity contribution < 1.29 is 13.2 Å². The van der Waals surface area contributed by atoms with Crippen molar-refractivity contribution in [2.24, 2.45) is 0 Å². The van der Waals surface area contributed by atoms with Gasteiger partial charge in [0.15, 0.2) is 17.5 Å². The maximum atomic E-state index is 14.9. The number of aromatic amines is 1. The zero-order chi connectivity index (χ0) is 25.3.